The van der Waals surface area contributed by atoms with E-state index in [4.69, 9.17) is 5.73 Å². The van der Waals surface area contributed by atoms with Crippen molar-refractivity contribution in [1.29, 1.82) is 0 Å². The van der Waals surface area contributed by atoms with Crippen molar-refractivity contribution in [3.63, 3.8) is 0 Å². The molecule has 1 amide bonds. The van der Waals surface area contributed by atoms with Crippen molar-refractivity contribution in [2.24, 2.45) is 0 Å². The zero-order valence-corrected chi connectivity index (χ0v) is 11.7. The van der Waals surface area contributed by atoms with E-state index in [-0.39, 0.29) is 5.91 Å². The summed E-state index contributed by atoms with van der Waals surface area (Å²) in [5.74, 6) is 0.412. The molecule has 0 saturated heterocycles. The van der Waals surface area contributed by atoms with E-state index in [0.29, 0.717) is 16.4 Å². The number of nitrogens with zero attached hydrogens (tertiary/aromatic N) is 1. The molecule has 0 radical (unpaired) electrons. The van der Waals surface area contributed by atoms with E-state index in [1.165, 1.54) is 11.3 Å². The van der Waals surface area contributed by atoms with Gasteiger partial charge < -0.3 is 11.1 Å². The molecular formula is C15H13N3OS. The topological polar surface area (TPSA) is 68.0 Å². The van der Waals surface area contributed by atoms with Crippen LogP contribution in [0, 0.1) is 6.92 Å². The lowest BCUT2D eigenvalue weighted by atomic mass is 10.2. The molecule has 5 heteroatoms. The number of nitrogen functional groups attached to an aromatic ring is 1. The molecule has 0 aliphatic rings. The maximum Gasteiger partial charge on any atom is 0.266 e. The van der Waals surface area contributed by atoms with Gasteiger partial charge in [0.1, 0.15) is 5.82 Å². The van der Waals surface area contributed by atoms with Gasteiger partial charge in [-0.05, 0) is 54.3 Å². The summed E-state index contributed by atoms with van der Waals surface area (Å²) in [4.78, 5) is 17.0. The molecule has 0 fully saturated rings. The van der Waals surface area contributed by atoms with Gasteiger partial charge in [0.25, 0.3) is 5.91 Å². The van der Waals surface area contributed by atoms with Gasteiger partial charge in [-0.1, -0.05) is 0 Å². The summed E-state index contributed by atoms with van der Waals surface area (Å²) in [7, 11) is 0. The molecule has 0 unspecified atom stereocenters. The molecule has 0 spiro atoms. The normalized spacial score (nSPS) is 10.7. The molecule has 2 heterocycles. The first-order chi connectivity index (χ1) is 9.61. The van der Waals surface area contributed by atoms with Crippen LogP contribution in [0.5, 0.6) is 0 Å². The van der Waals surface area contributed by atoms with E-state index < -0.39 is 0 Å². The standard InChI is InChI=1S/C15H13N3OS/c1-9-4-5-17-14(6-9)18-15(19)13-8-10-7-11(16)2-3-12(10)20-13/h2-8H,16H2,1H3,(H,17,18,19). The molecule has 3 aromatic rings. The van der Waals surface area contributed by atoms with E-state index >= 15 is 0 Å². The van der Waals surface area contributed by atoms with Crippen molar-refractivity contribution in [3.8, 4) is 0 Å². The number of thiophene rings is 1. The first-order valence-electron chi connectivity index (χ1n) is 6.15. The minimum Gasteiger partial charge on any atom is -0.399 e. The van der Waals surface area contributed by atoms with Gasteiger partial charge in [0, 0.05) is 16.6 Å². The summed E-state index contributed by atoms with van der Waals surface area (Å²) >= 11 is 1.44. The fourth-order valence-corrected chi connectivity index (χ4v) is 2.89. The van der Waals surface area contributed by atoms with Crippen LogP contribution in [0.3, 0.4) is 0 Å². The number of aromatic nitrogens is 1. The Balaban J connectivity index is 1.88. The molecule has 0 bridgehead atoms. The predicted octanol–water partition coefficient (Wildman–Crippen LogP) is 3.44. The van der Waals surface area contributed by atoms with Gasteiger partial charge in [0.2, 0.25) is 0 Å². The van der Waals surface area contributed by atoms with Gasteiger partial charge in [-0.15, -0.1) is 11.3 Å². The van der Waals surface area contributed by atoms with Crippen LogP contribution in [0.1, 0.15) is 15.2 Å². The number of nitrogens with one attached hydrogen (secondary N) is 1. The first-order valence-corrected chi connectivity index (χ1v) is 6.96. The number of benzene rings is 1. The highest BCUT2D eigenvalue weighted by molar-refractivity contribution is 7.20. The first kappa shape index (κ1) is 12.6. The van der Waals surface area contributed by atoms with Crippen molar-refractivity contribution in [2.75, 3.05) is 11.1 Å². The van der Waals surface area contributed by atoms with Crippen LogP contribution in [0.2, 0.25) is 0 Å². The second-order valence-electron chi connectivity index (χ2n) is 4.58. The van der Waals surface area contributed by atoms with Crippen LogP contribution in [-0.4, -0.2) is 10.9 Å². The maximum atomic E-state index is 12.2. The zero-order chi connectivity index (χ0) is 14.1. The van der Waals surface area contributed by atoms with Gasteiger partial charge in [0.15, 0.2) is 0 Å². The van der Waals surface area contributed by atoms with Gasteiger partial charge in [-0.2, -0.15) is 0 Å². The highest BCUT2D eigenvalue weighted by Gasteiger charge is 2.11. The van der Waals surface area contributed by atoms with Gasteiger partial charge >= 0.3 is 0 Å². The van der Waals surface area contributed by atoms with Crippen molar-refractivity contribution in [3.05, 3.63) is 53.0 Å². The number of nitrogens with two attached hydrogens (primary N) is 1. The quantitative estimate of drug-likeness (QED) is 0.708. The maximum absolute atomic E-state index is 12.2. The van der Waals surface area contributed by atoms with Crippen LogP contribution in [-0.2, 0) is 0 Å². The minimum atomic E-state index is -0.150. The van der Waals surface area contributed by atoms with Crippen LogP contribution in [0.15, 0.2) is 42.6 Å². The van der Waals surface area contributed by atoms with Crippen LogP contribution >= 0.6 is 11.3 Å². The van der Waals surface area contributed by atoms with Crippen molar-refractivity contribution in [1.82, 2.24) is 4.98 Å². The molecule has 0 aliphatic heterocycles. The van der Waals surface area contributed by atoms with Gasteiger partial charge in [0.05, 0.1) is 4.88 Å². The summed E-state index contributed by atoms with van der Waals surface area (Å²) in [6.07, 6.45) is 1.68. The van der Waals surface area contributed by atoms with E-state index in [2.05, 4.69) is 10.3 Å². The van der Waals surface area contributed by atoms with Crippen molar-refractivity contribution in [2.45, 2.75) is 6.92 Å². The number of pyridine rings is 1. The summed E-state index contributed by atoms with van der Waals surface area (Å²) in [5, 5.41) is 3.79. The third-order valence-electron chi connectivity index (χ3n) is 2.92. The fourth-order valence-electron chi connectivity index (χ4n) is 1.96. The van der Waals surface area contributed by atoms with E-state index in [0.717, 1.165) is 15.6 Å². The Morgan fingerprint density at radius 1 is 1.25 bits per heavy atom. The van der Waals surface area contributed by atoms with E-state index in [1.54, 1.807) is 6.20 Å². The lowest BCUT2D eigenvalue weighted by molar-refractivity contribution is 0.103. The second-order valence-corrected chi connectivity index (χ2v) is 5.66. The highest BCUT2D eigenvalue weighted by Crippen LogP contribution is 2.27. The monoisotopic (exact) mass is 283 g/mol. The number of anilines is 2. The lowest BCUT2D eigenvalue weighted by Gasteiger charge is -2.02. The molecule has 0 saturated carbocycles. The van der Waals surface area contributed by atoms with Crippen LogP contribution in [0.25, 0.3) is 10.1 Å². The zero-order valence-electron chi connectivity index (χ0n) is 10.9. The third-order valence-corrected chi connectivity index (χ3v) is 4.04. The molecule has 4 nitrogen and oxygen atoms in total. The van der Waals surface area contributed by atoms with Gasteiger partial charge in [-0.25, -0.2) is 4.98 Å². The minimum absolute atomic E-state index is 0.150. The smallest absolute Gasteiger partial charge is 0.266 e. The number of aryl methyl sites for hydroxylation is 1. The van der Waals surface area contributed by atoms with Crippen molar-refractivity contribution < 1.29 is 4.79 Å². The largest absolute Gasteiger partial charge is 0.399 e. The molecule has 20 heavy (non-hydrogen) atoms. The second kappa shape index (κ2) is 4.94. The number of rotatable bonds is 2. The number of amides is 1. The van der Waals surface area contributed by atoms with E-state index in [1.807, 2.05) is 43.3 Å². The molecule has 3 rings (SSSR count). The number of hydrogen-bond acceptors (Lipinski definition) is 4. The molecule has 3 N–H and O–H groups in total. The number of fused-ring (bicyclic) bond motifs is 1. The molecular weight excluding hydrogens is 270 g/mol. The Kier molecular flexibility index (Phi) is 3.12. The molecule has 100 valence electrons. The average Bonchev–Trinajstić information content (AvgIpc) is 2.81. The molecule has 1 aromatic carbocycles. The third kappa shape index (κ3) is 2.48. The average molecular weight is 283 g/mol. The summed E-state index contributed by atoms with van der Waals surface area (Å²) < 4.78 is 1.04. The SMILES string of the molecule is Cc1ccnc(NC(=O)c2cc3cc(N)ccc3s2)c1. The van der Waals surface area contributed by atoms with Gasteiger partial charge in [-0.3, -0.25) is 4.79 Å². The Morgan fingerprint density at radius 2 is 2.10 bits per heavy atom. The number of hydrogen-bond donors (Lipinski definition) is 2. The Labute approximate surface area is 120 Å². The van der Waals surface area contributed by atoms with E-state index in [9.17, 15) is 4.79 Å². The molecule has 2 aromatic heterocycles. The molecule has 0 aliphatic carbocycles. The summed E-state index contributed by atoms with van der Waals surface area (Å²) in [5.41, 5.74) is 7.50. The summed E-state index contributed by atoms with van der Waals surface area (Å²) in [6.45, 7) is 1.96. The number of carbonyl (C=O) groups excluding carboxylic acids is 1. The Morgan fingerprint density at radius 3 is 2.90 bits per heavy atom. The fraction of sp³-hybridized carbons (Fsp3) is 0.0667. The molecule has 0 atom stereocenters. The van der Waals surface area contributed by atoms with Crippen LogP contribution in [0.4, 0.5) is 11.5 Å². The van der Waals surface area contributed by atoms with Crippen LogP contribution < -0.4 is 11.1 Å². The lowest BCUT2D eigenvalue weighted by Crippen LogP contribution is -2.11. The Bertz CT molecular complexity index is 795. The highest BCUT2D eigenvalue weighted by atomic mass is 32.1. The Hall–Kier alpha value is -2.40. The summed E-state index contributed by atoms with van der Waals surface area (Å²) in [6, 6.07) is 11.2. The number of carbonyl (C=O) groups is 1. The predicted molar refractivity (Wildman–Crippen MR) is 83.2 cm³/mol. The van der Waals surface area contributed by atoms with Crippen molar-refractivity contribution >= 4 is 38.8 Å².